The van der Waals surface area contributed by atoms with Crippen LogP contribution in [0.3, 0.4) is 0 Å². The van der Waals surface area contributed by atoms with E-state index in [0.29, 0.717) is 5.56 Å². The summed E-state index contributed by atoms with van der Waals surface area (Å²) in [5, 5.41) is 3.50. The first kappa shape index (κ1) is 13.5. The quantitative estimate of drug-likeness (QED) is 0.736. The molecule has 1 aromatic carbocycles. The van der Waals surface area contributed by atoms with E-state index in [9.17, 15) is 13.2 Å². The van der Waals surface area contributed by atoms with Gasteiger partial charge in [-0.15, -0.1) is 11.3 Å². The van der Waals surface area contributed by atoms with Crippen LogP contribution in [0.25, 0.3) is 10.6 Å². The summed E-state index contributed by atoms with van der Waals surface area (Å²) in [6.45, 7) is 0. The molecule has 1 heterocycles. The molecule has 0 N–H and O–H groups in total. The fourth-order valence-corrected chi connectivity index (χ4v) is 2.72. The third-order valence-electron chi connectivity index (χ3n) is 2.36. The van der Waals surface area contributed by atoms with Crippen LogP contribution in [0, 0.1) is 0 Å². The van der Waals surface area contributed by atoms with Crippen LogP contribution in [0.4, 0.5) is 13.2 Å². The highest BCUT2D eigenvalue weighted by atomic mass is 79.9. The normalized spacial score (nSPS) is 11.8. The maximum atomic E-state index is 12.4. The van der Waals surface area contributed by atoms with Crippen LogP contribution in [-0.2, 0) is 12.6 Å². The molecule has 0 aliphatic heterocycles. The van der Waals surface area contributed by atoms with E-state index in [2.05, 4.69) is 20.9 Å². The van der Waals surface area contributed by atoms with E-state index in [-0.39, 0.29) is 0 Å². The number of hydrogen-bond acceptors (Lipinski definition) is 2. The van der Waals surface area contributed by atoms with Gasteiger partial charge >= 0.3 is 6.18 Å². The van der Waals surface area contributed by atoms with Crippen molar-refractivity contribution in [2.24, 2.45) is 0 Å². The van der Waals surface area contributed by atoms with Gasteiger partial charge in [-0.1, -0.05) is 28.1 Å². The predicted molar refractivity (Wildman–Crippen MR) is 70.1 cm³/mol. The molecule has 0 fully saturated rings. The zero-order valence-electron chi connectivity index (χ0n) is 9.17. The lowest BCUT2D eigenvalue weighted by molar-refractivity contribution is -0.137. The minimum absolute atomic E-state index is 0.636. The van der Waals surface area contributed by atoms with Crippen LogP contribution in [0.15, 0.2) is 29.6 Å². The van der Waals surface area contributed by atoms with Crippen LogP contribution in [0.1, 0.15) is 11.3 Å². The molecule has 96 valence electrons. The van der Waals surface area contributed by atoms with Crippen molar-refractivity contribution in [1.82, 2.24) is 4.98 Å². The van der Waals surface area contributed by atoms with Gasteiger partial charge in [-0.25, -0.2) is 4.98 Å². The number of thiazole rings is 1. The molecule has 0 spiro atoms. The van der Waals surface area contributed by atoms with E-state index in [0.717, 1.165) is 34.6 Å². The Bertz CT molecular complexity index is 519. The van der Waals surface area contributed by atoms with Gasteiger partial charge in [0.2, 0.25) is 0 Å². The molecule has 6 heteroatoms. The highest BCUT2D eigenvalue weighted by Crippen LogP contribution is 2.31. The predicted octanol–water partition coefficient (Wildman–Crippen LogP) is 4.77. The van der Waals surface area contributed by atoms with Gasteiger partial charge in [-0.05, 0) is 12.1 Å². The van der Waals surface area contributed by atoms with Crippen molar-refractivity contribution in [3.63, 3.8) is 0 Å². The van der Waals surface area contributed by atoms with E-state index in [4.69, 9.17) is 0 Å². The molecular formula is C12H9BrF3NS. The molecule has 0 saturated carbocycles. The zero-order chi connectivity index (χ0) is 13.2. The number of nitrogens with zero attached hydrogens (tertiary/aromatic N) is 1. The Kier molecular flexibility index (Phi) is 4.07. The topological polar surface area (TPSA) is 12.9 Å². The number of halogens is 4. The summed E-state index contributed by atoms with van der Waals surface area (Å²) in [4.78, 5) is 4.37. The number of benzene rings is 1. The Morgan fingerprint density at radius 1 is 1.17 bits per heavy atom. The molecule has 2 rings (SSSR count). The largest absolute Gasteiger partial charge is 0.416 e. The summed E-state index contributed by atoms with van der Waals surface area (Å²) in [5.74, 6) is 0. The molecule has 18 heavy (non-hydrogen) atoms. The number of alkyl halides is 4. The van der Waals surface area contributed by atoms with Crippen molar-refractivity contribution in [2.45, 2.75) is 12.6 Å². The average Bonchev–Trinajstić information content (AvgIpc) is 2.77. The molecule has 1 nitrogen and oxygen atoms in total. The summed E-state index contributed by atoms with van der Waals surface area (Å²) in [6, 6.07) is 5.08. The summed E-state index contributed by atoms with van der Waals surface area (Å²) in [7, 11) is 0. The van der Waals surface area contributed by atoms with Crippen LogP contribution in [0.2, 0.25) is 0 Å². The highest BCUT2D eigenvalue weighted by Gasteiger charge is 2.30. The minimum atomic E-state index is -4.29. The van der Waals surface area contributed by atoms with Crippen molar-refractivity contribution >= 4 is 27.3 Å². The smallest absolute Gasteiger partial charge is 0.241 e. The number of aryl methyl sites for hydroxylation is 1. The first-order valence-corrected chi connectivity index (χ1v) is 7.19. The maximum absolute atomic E-state index is 12.4. The second-order valence-electron chi connectivity index (χ2n) is 3.66. The van der Waals surface area contributed by atoms with Gasteiger partial charge in [0.05, 0.1) is 11.3 Å². The summed E-state index contributed by atoms with van der Waals surface area (Å²) < 4.78 is 37.2. The van der Waals surface area contributed by atoms with Gasteiger partial charge in [0, 0.05) is 22.7 Å². The van der Waals surface area contributed by atoms with Crippen LogP contribution >= 0.6 is 27.3 Å². The van der Waals surface area contributed by atoms with Crippen molar-refractivity contribution in [1.29, 1.82) is 0 Å². The Balaban J connectivity index is 2.23. The second kappa shape index (κ2) is 5.40. The molecular weight excluding hydrogens is 327 g/mol. The highest BCUT2D eigenvalue weighted by molar-refractivity contribution is 9.09. The van der Waals surface area contributed by atoms with E-state index in [1.165, 1.54) is 23.5 Å². The van der Waals surface area contributed by atoms with Gasteiger partial charge in [0.1, 0.15) is 5.01 Å². The lowest BCUT2D eigenvalue weighted by atomic mass is 10.1. The molecule has 0 bridgehead atoms. The Morgan fingerprint density at radius 3 is 2.39 bits per heavy atom. The van der Waals surface area contributed by atoms with Gasteiger partial charge in [0.25, 0.3) is 0 Å². The van der Waals surface area contributed by atoms with Crippen LogP contribution in [-0.4, -0.2) is 10.3 Å². The van der Waals surface area contributed by atoms with Gasteiger partial charge in [0.15, 0.2) is 0 Å². The molecule has 0 amide bonds. The molecule has 0 radical (unpaired) electrons. The van der Waals surface area contributed by atoms with E-state index < -0.39 is 11.7 Å². The monoisotopic (exact) mass is 335 g/mol. The minimum Gasteiger partial charge on any atom is -0.241 e. The second-order valence-corrected chi connectivity index (χ2v) is 5.31. The molecule has 1 aromatic heterocycles. The number of hydrogen-bond donors (Lipinski definition) is 0. The third-order valence-corrected chi connectivity index (χ3v) is 3.70. The summed E-state index contributed by atoms with van der Waals surface area (Å²) in [6.07, 6.45) is -3.47. The first-order valence-electron chi connectivity index (χ1n) is 5.18. The lowest BCUT2D eigenvalue weighted by Gasteiger charge is -2.06. The van der Waals surface area contributed by atoms with Crippen molar-refractivity contribution in [3.8, 4) is 10.6 Å². The van der Waals surface area contributed by atoms with Gasteiger partial charge in [-0.2, -0.15) is 13.2 Å². The maximum Gasteiger partial charge on any atom is 0.416 e. The van der Waals surface area contributed by atoms with Crippen molar-refractivity contribution < 1.29 is 13.2 Å². The fourth-order valence-electron chi connectivity index (χ4n) is 1.45. The molecule has 0 saturated heterocycles. The van der Waals surface area contributed by atoms with E-state index >= 15 is 0 Å². The Hall–Kier alpha value is -0.880. The molecule has 0 aliphatic carbocycles. The number of rotatable bonds is 3. The molecule has 2 aromatic rings. The molecule has 0 unspecified atom stereocenters. The third kappa shape index (κ3) is 3.11. The van der Waals surface area contributed by atoms with E-state index in [1.54, 1.807) is 0 Å². The first-order chi connectivity index (χ1) is 8.50. The van der Waals surface area contributed by atoms with E-state index in [1.807, 2.05) is 5.38 Å². The molecule has 0 atom stereocenters. The Labute approximate surface area is 115 Å². The average molecular weight is 336 g/mol. The Morgan fingerprint density at radius 2 is 1.83 bits per heavy atom. The van der Waals surface area contributed by atoms with Crippen molar-refractivity contribution in [3.05, 3.63) is 40.9 Å². The van der Waals surface area contributed by atoms with Crippen molar-refractivity contribution in [2.75, 3.05) is 5.33 Å². The van der Waals surface area contributed by atoms with Crippen LogP contribution < -0.4 is 0 Å². The summed E-state index contributed by atoms with van der Waals surface area (Å²) >= 11 is 4.77. The van der Waals surface area contributed by atoms with Crippen LogP contribution in [0.5, 0.6) is 0 Å². The zero-order valence-corrected chi connectivity index (χ0v) is 11.6. The fraction of sp³-hybridized carbons (Fsp3) is 0.250. The standard InChI is InChI=1S/C12H9BrF3NS/c13-6-5-10-7-18-11(17-10)8-1-3-9(4-2-8)12(14,15)16/h1-4,7H,5-6H2. The van der Waals surface area contributed by atoms with Gasteiger partial charge < -0.3 is 0 Å². The SMILES string of the molecule is FC(F)(F)c1ccc(-c2nc(CCBr)cs2)cc1. The van der Waals surface area contributed by atoms with Gasteiger partial charge in [-0.3, -0.25) is 0 Å². The molecule has 0 aliphatic rings. The number of aromatic nitrogens is 1. The summed E-state index contributed by atoms with van der Waals surface area (Å²) in [5.41, 5.74) is 1.03. The lowest BCUT2D eigenvalue weighted by Crippen LogP contribution is -2.03.